The lowest BCUT2D eigenvalue weighted by Gasteiger charge is -2.42. The lowest BCUT2D eigenvalue weighted by atomic mass is 9.71. The molecular formula is C21H22F3N3O. The van der Waals surface area contributed by atoms with E-state index in [9.17, 15) is 13.2 Å². The SMILES string of the molecule is FC(F)(F)Oc1cccc(CN=C2Nc3ccccc3CC23CCNCC3)c1. The van der Waals surface area contributed by atoms with Crippen molar-refractivity contribution < 1.29 is 17.9 Å². The summed E-state index contributed by atoms with van der Waals surface area (Å²) in [6.07, 6.45) is -1.82. The standard InChI is InChI=1S/C21H22F3N3O/c22-21(23,24)28-17-6-3-4-15(12-17)14-26-19-20(8-10-25-11-9-20)13-16-5-1-2-7-18(16)27-19/h1-7,12,25H,8-11,13-14H2,(H,26,27). The highest BCUT2D eigenvalue weighted by Gasteiger charge is 2.41. The third-order valence-corrected chi connectivity index (χ3v) is 5.41. The van der Waals surface area contributed by atoms with Crippen molar-refractivity contribution in [1.29, 1.82) is 0 Å². The fourth-order valence-corrected chi connectivity index (χ4v) is 4.04. The minimum atomic E-state index is -4.70. The maximum atomic E-state index is 12.5. The molecule has 0 amide bonds. The molecule has 4 nitrogen and oxygen atoms in total. The van der Waals surface area contributed by atoms with E-state index in [1.54, 1.807) is 12.1 Å². The number of halogens is 3. The van der Waals surface area contributed by atoms with E-state index in [1.165, 1.54) is 17.7 Å². The Morgan fingerprint density at radius 1 is 1.04 bits per heavy atom. The third kappa shape index (κ3) is 4.14. The molecule has 0 radical (unpaired) electrons. The van der Waals surface area contributed by atoms with Crippen molar-refractivity contribution in [3.05, 3.63) is 59.7 Å². The summed E-state index contributed by atoms with van der Waals surface area (Å²) in [5.74, 6) is 0.707. The molecule has 0 unspecified atom stereocenters. The molecule has 2 aliphatic heterocycles. The van der Waals surface area contributed by atoms with E-state index in [0.29, 0.717) is 12.1 Å². The Hall–Kier alpha value is -2.54. The number of amidine groups is 1. The lowest BCUT2D eigenvalue weighted by Crippen LogP contribution is -2.48. The van der Waals surface area contributed by atoms with Gasteiger partial charge in [-0.25, -0.2) is 0 Å². The van der Waals surface area contributed by atoms with Gasteiger partial charge in [-0.15, -0.1) is 13.2 Å². The monoisotopic (exact) mass is 389 g/mol. The number of aliphatic imine (C=N–C) groups is 1. The predicted molar refractivity (Wildman–Crippen MR) is 103 cm³/mol. The van der Waals surface area contributed by atoms with E-state index in [4.69, 9.17) is 4.99 Å². The number of piperidine rings is 1. The van der Waals surface area contributed by atoms with Crippen LogP contribution < -0.4 is 15.4 Å². The van der Waals surface area contributed by atoms with Gasteiger partial charge in [-0.3, -0.25) is 4.99 Å². The van der Waals surface area contributed by atoms with Crippen LogP contribution in [0, 0.1) is 5.41 Å². The Kier molecular flexibility index (Phi) is 5.02. The molecule has 0 atom stereocenters. The number of para-hydroxylation sites is 1. The highest BCUT2D eigenvalue weighted by atomic mass is 19.4. The van der Waals surface area contributed by atoms with E-state index in [-0.39, 0.29) is 11.2 Å². The first-order valence-electron chi connectivity index (χ1n) is 9.39. The lowest BCUT2D eigenvalue weighted by molar-refractivity contribution is -0.274. The first-order valence-corrected chi connectivity index (χ1v) is 9.39. The quantitative estimate of drug-likeness (QED) is 0.811. The van der Waals surface area contributed by atoms with E-state index >= 15 is 0 Å². The molecule has 2 aromatic carbocycles. The molecule has 2 N–H and O–H groups in total. The molecule has 0 bridgehead atoms. The molecular weight excluding hydrogens is 367 g/mol. The second-order valence-corrected chi connectivity index (χ2v) is 7.35. The van der Waals surface area contributed by atoms with Gasteiger partial charge in [-0.05, 0) is 61.7 Å². The van der Waals surface area contributed by atoms with Crippen molar-refractivity contribution >= 4 is 11.5 Å². The highest BCUT2D eigenvalue weighted by Crippen LogP contribution is 2.41. The van der Waals surface area contributed by atoms with Gasteiger partial charge in [0.15, 0.2) is 0 Å². The van der Waals surface area contributed by atoms with Crippen LogP contribution in [0.5, 0.6) is 5.75 Å². The number of benzene rings is 2. The van der Waals surface area contributed by atoms with Crippen LogP contribution in [0.3, 0.4) is 0 Å². The summed E-state index contributed by atoms with van der Waals surface area (Å²) in [6.45, 7) is 2.16. The van der Waals surface area contributed by atoms with E-state index in [1.807, 2.05) is 18.2 Å². The van der Waals surface area contributed by atoms with Crippen LogP contribution in [0.25, 0.3) is 0 Å². The van der Waals surface area contributed by atoms with Gasteiger partial charge in [0, 0.05) is 11.1 Å². The molecule has 28 heavy (non-hydrogen) atoms. The average molecular weight is 389 g/mol. The summed E-state index contributed by atoms with van der Waals surface area (Å²) in [5.41, 5.74) is 2.96. The van der Waals surface area contributed by atoms with Gasteiger partial charge in [-0.2, -0.15) is 0 Å². The topological polar surface area (TPSA) is 45.6 Å². The number of hydrogen-bond acceptors (Lipinski definition) is 3. The van der Waals surface area contributed by atoms with Crippen molar-refractivity contribution in [2.24, 2.45) is 10.4 Å². The molecule has 1 spiro atoms. The smallest absolute Gasteiger partial charge is 0.406 e. The Balaban J connectivity index is 1.59. The number of fused-ring (bicyclic) bond motifs is 1. The molecule has 0 saturated carbocycles. The molecule has 4 rings (SSSR count). The van der Waals surface area contributed by atoms with Crippen LogP contribution in [0.4, 0.5) is 18.9 Å². The maximum Gasteiger partial charge on any atom is 0.573 e. The highest BCUT2D eigenvalue weighted by molar-refractivity contribution is 6.02. The summed E-state index contributed by atoms with van der Waals surface area (Å²) in [6, 6.07) is 14.2. The molecule has 0 aromatic heterocycles. The van der Waals surface area contributed by atoms with Crippen molar-refractivity contribution in [1.82, 2.24) is 5.32 Å². The van der Waals surface area contributed by atoms with Crippen LogP contribution in [0.1, 0.15) is 24.0 Å². The molecule has 2 heterocycles. The first kappa shape index (κ1) is 18.8. The molecule has 148 valence electrons. The number of alkyl halides is 3. The second-order valence-electron chi connectivity index (χ2n) is 7.35. The van der Waals surface area contributed by atoms with Gasteiger partial charge in [0.2, 0.25) is 0 Å². The van der Waals surface area contributed by atoms with Crippen LogP contribution in [0.2, 0.25) is 0 Å². The predicted octanol–water partition coefficient (Wildman–Crippen LogP) is 4.52. The van der Waals surface area contributed by atoms with Crippen molar-refractivity contribution in [3.8, 4) is 5.75 Å². The second kappa shape index (κ2) is 7.47. The van der Waals surface area contributed by atoms with Gasteiger partial charge < -0.3 is 15.4 Å². The zero-order valence-electron chi connectivity index (χ0n) is 15.4. The third-order valence-electron chi connectivity index (χ3n) is 5.41. The number of hydrogen-bond donors (Lipinski definition) is 2. The Labute approximate surface area is 161 Å². The number of nitrogens with zero attached hydrogens (tertiary/aromatic N) is 1. The maximum absolute atomic E-state index is 12.5. The summed E-state index contributed by atoms with van der Waals surface area (Å²) in [5, 5.41) is 6.89. The van der Waals surface area contributed by atoms with Crippen molar-refractivity contribution in [3.63, 3.8) is 0 Å². The van der Waals surface area contributed by atoms with E-state index in [0.717, 1.165) is 43.9 Å². The molecule has 7 heteroatoms. The van der Waals surface area contributed by atoms with Crippen LogP contribution in [-0.4, -0.2) is 25.3 Å². The van der Waals surface area contributed by atoms with Crippen molar-refractivity contribution in [2.75, 3.05) is 18.4 Å². The number of ether oxygens (including phenoxy) is 1. The Morgan fingerprint density at radius 3 is 2.61 bits per heavy atom. The van der Waals surface area contributed by atoms with Gasteiger partial charge in [0.1, 0.15) is 11.6 Å². The van der Waals surface area contributed by atoms with Gasteiger partial charge in [-0.1, -0.05) is 30.3 Å². The minimum absolute atomic E-state index is 0.0559. The van der Waals surface area contributed by atoms with Crippen molar-refractivity contribution in [2.45, 2.75) is 32.2 Å². The number of nitrogens with one attached hydrogen (secondary N) is 2. The van der Waals surface area contributed by atoms with Gasteiger partial charge >= 0.3 is 6.36 Å². The molecule has 2 aliphatic rings. The molecule has 1 saturated heterocycles. The molecule has 2 aromatic rings. The first-order chi connectivity index (χ1) is 13.4. The van der Waals surface area contributed by atoms with Gasteiger partial charge in [0.25, 0.3) is 0 Å². The fraction of sp³-hybridized carbons (Fsp3) is 0.381. The largest absolute Gasteiger partial charge is 0.573 e. The summed E-state index contributed by atoms with van der Waals surface area (Å²) >= 11 is 0. The number of anilines is 1. The minimum Gasteiger partial charge on any atom is -0.406 e. The number of rotatable bonds is 3. The Bertz CT molecular complexity index is 873. The summed E-state index contributed by atoms with van der Waals surface area (Å²) < 4.78 is 41.4. The fourth-order valence-electron chi connectivity index (χ4n) is 4.04. The zero-order valence-corrected chi connectivity index (χ0v) is 15.4. The average Bonchev–Trinajstić information content (AvgIpc) is 2.66. The summed E-state index contributed by atoms with van der Waals surface area (Å²) in [7, 11) is 0. The van der Waals surface area contributed by atoms with Crippen LogP contribution in [0.15, 0.2) is 53.5 Å². The molecule has 0 aliphatic carbocycles. The van der Waals surface area contributed by atoms with E-state index in [2.05, 4.69) is 21.4 Å². The normalized spacial score (nSPS) is 19.9. The summed E-state index contributed by atoms with van der Waals surface area (Å²) in [4.78, 5) is 4.81. The van der Waals surface area contributed by atoms with E-state index < -0.39 is 6.36 Å². The zero-order chi connectivity index (χ0) is 19.6. The van der Waals surface area contributed by atoms with Crippen LogP contribution >= 0.6 is 0 Å². The van der Waals surface area contributed by atoms with Gasteiger partial charge in [0.05, 0.1) is 6.54 Å². The molecule has 1 fully saturated rings. The Morgan fingerprint density at radius 2 is 1.82 bits per heavy atom. The van der Waals surface area contributed by atoms with Crippen LogP contribution in [-0.2, 0) is 13.0 Å².